The molecule has 0 unspecified atom stereocenters. The summed E-state index contributed by atoms with van der Waals surface area (Å²) < 4.78 is 46.5. The van der Waals surface area contributed by atoms with E-state index < -0.39 is 31.4 Å². The van der Waals surface area contributed by atoms with E-state index in [2.05, 4.69) is 4.98 Å². The molecular formula is C7H6ClF2NO3S. The standard InChI is InChI=1S/C7H6ClF2NO3S/c1-3-5(7(9)10)6(12)4(2-11-3)15(8,13)14/h2,7H,1H3,(H,11,12). The van der Waals surface area contributed by atoms with Gasteiger partial charge < -0.3 is 4.98 Å². The average molecular weight is 258 g/mol. The van der Waals surface area contributed by atoms with Crippen LogP contribution >= 0.6 is 10.7 Å². The molecular weight excluding hydrogens is 252 g/mol. The van der Waals surface area contributed by atoms with Crippen LogP contribution in [-0.4, -0.2) is 13.4 Å². The van der Waals surface area contributed by atoms with Crippen LogP contribution in [0.5, 0.6) is 0 Å². The van der Waals surface area contributed by atoms with E-state index in [-0.39, 0.29) is 5.69 Å². The highest BCUT2D eigenvalue weighted by Crippen LogP contribution is 2.20. The van der Waals surface area contributed by atoms with Crippen molar-refractivity contribution in [1.29, 1.82) is 0 Å². The third-order valence-electron chi connectivity index (χ3n) is 1.77. The first kappa shape index (κ1) is 12.1. The fourth-order valence-corrected chi connectivity index (χ4v) is 1.94. The van der Waals surface area contributed by atoms with Crippen LogP contribution in [-0.2, 0) is 9.05 Å². The number of hydrogen-bond donors (Lipinski definition) is 1. The van der Waals surface area contributed by atoms with Crippen molar-refractivity contribution in [2.75, 3.05) is 0 Å². The molecule has 4 nitrogen and oxygen atoms in total. The smallest absolute Gasteiger partial charge is 0.269 e. The lowest BCUT2D eigenvalue weighted by molar-refractivity contribution is 0.148. The third kappa shape index (κ3) is 2.35. The summed E-state index contributed by atoms with van der Waals surface area (Å²) in [4.78, 5) is 12.7. The zero-order valence-electron chi connectivity index (χ0n) is 7.42. The number of aromatic amines is 1. The number of halogens is 3. The molecule has 15 heavy (non-hydrogen) atoms. The molecule has 0 aliphatic rings. The largest absolute Gasteiger partial charge is 0.363 e. The Morgan fingerprint density at radius 3 is 2.40 bits per heavy atom. The van der Waals surface area contributed by atoms with Crippen molar-refractivity contribution in [2.45, 2.75) is 18.2 Å². The molecule has 8 heteroatoms. The summed E-state index contributed by atoms with van der Waals surface area (Å²) in [6.45, 7) is 1.24. The lowest BCUT2D eigenvalue weighted by Gasteiger charge is -2.04. The molecule has 0 fully saturated rings. The normalized spacial score (nSPS) is 12.1. The first-order valence-corrected chi connectivity index (χ1v) is 6.01. The third-order valence-corrected chi connectivity index (χ3v) is 3.10. The maximum atomic E-state index is 12.4. The van der Waals surface area contributed by atoms with E-state index in [1.165, 1.54) is 6.92 Å². The summed E-state index contributed by atoms with van der Waals surface area (Å²) in [7, 11) is 0.589. The summed E-state index contributed by atoms with van der Waals surface area (Å²) in [5.41, 5.74) is -2.23. The van der Waals surface area contributed by atoms with Gasteiger partial charge in [-0.3, -0.25) is 4.79 Å². The molecule has 0 aliphatic heterocycles. The average Bonchev–Trinajstić information content (AvgIpc) is 2.00. The first-order chi connectivity index (χ1) is 6.75. The predicted octanol–water partition coefficient (Wildman–Crippen LogP) is 1.55. The maximum Gasteiger partial charge on any atom is 0.269 e. The second-order valence-electron chi connectivity index (χ2n) is 2.76. The van der Waals surface area contributed by atoms with Crippen LogP contribution in [0.4, 0.5) is 8.78 Å². The van der Waals surface area contributed by atoms with E-state index in [4.69, 9.17) is 10.7 Å². The van der Waals surface area contributed by atoms with Gasteiger partial charge in [0.25, 0.3) is 15.5 Å². The van der Waals surface area contributed by atoms with Gasteiger partial charge in [-0.25, -0.2) is 17.2 Å². The summed E-state index contributed by atoms with van der Waals surface area (Å²) in [5, 5.41) is 0. The van der Waals surface area contributed by atoms with Gasteiger partial charge in [0.2, 0.25) is 5.43 Å². The van der Waals surface area contributed by atoms with E-state index in [0.29, 0.717) is 0 Å². The minimum atomic E-state index is -4.31. The molecule has 0 radical (unpaired) electrons. The molecule has 1 heterocycles. The van der Waals surface area contributed by atoms with Gasteiger partial charge in [0.05, 0.1) is 5.56 Å². The van der Waals surface area contributed by atoms with Crippen LogP contribution in [0.15, 0.2) is 15.9 Å². The Morgan fingerprint density at radius 2 is 2.00 bits per heavy atom. The number of hydrogen-bond acceptors (Lipinski definition) is 3. The zero-order chi connectivity index (χ0) is 11.8. The summed E-state index contributed by atoms with van der Waals surface area (Å²) in [5.74, 6) is 0. The molecule has 1 aromatic heterocycles. The Labute approximate surface area is 88.3 Å². The second kappa shape index (κ2) is 3.90. The van der Waals surface area contributed by atoms with E-state index in [0.717, 1.165) is 6.20 Å². The van der Waals surface area contributed by atoms with E-state index in [9.17, 15) is 22.0 Å². The zero-order valence-corrected chi connectivity index (χ0v) is 8.99. The van der Waals surface area contributed by atoms with E-state index in [1.54, 1.807) is 0 Å². The second-order valence-corrected chi connectivity index (χ2v) is 5.29. The number of aryl methyl sites for hydroxylation is 1. The van der Waals surface area contributed by atoms with Crippen molar-refractivity contribution in [3.63, 3.8) is 0 Å². The van der Waals surface area contributed by atoms with Gasteiger partial charge in [-0.05, 0) is 6.92 Å². The predicted molar refractivity (Wildman–Crippen MR) is 49.8 cm³/mol. The van der Waals surface area contributed by atoms with Crippen molar-refractivity contribution in [2.24, 2.45) is 0 Å². The number of pyridine rings is 1. The lowest BCUT2D eigenvalue weighted by atomic mass is 10.2. The van der Waals surface area contributed by atoms with Crippen molar-refractivity contribution in [3.05, 3.63) is 27.7 Å². The van der Waals surface area contributed by atoms with E-state index in [1.807, 2.05) is 0 Å². The van der Waals surface area contributed by atoms with Crippen LogP contribution in [0, 0.1) is 6.92 Å². The fourth-order valence-electron chi connectivity index (χ4n) is 1.06. The highest BCUT2D eigenvalue weighted by molar-refractivity contribution is 8.13. The summed E-state index contributed by atoms with van der Waals surface area (Å²) >= 11 is 0. The molecule has 0 aliphatic carbocycles. The van der Waals surface area contributed by atoms with Gasteiger partial charge in [0.1, 0.15) is 4.90 Å². The Bertz CT molecular complexity index is 538. The molecule has 1 aromatic rings. The number of rotatable bonds is 2. The van der Waals surface area contributed by atoms with Gasteiger partial charge >= 0.3 is 0 Å². The molecule has 1 N–H and O–H groups in total. The van der Waals surface area contributed by atoms with Crippen molar-refractivity contribution in [1.82, 2.24) is 4.98 Å². The molecule has 0 atom stereocenters. The lowest BCUT2D eigenvalue weighted by Crippen LogP contribution is -2.19. The molecule has 0 saturated heterocycles. The first-order valence-electron chi connectivity index (χ1n) is 3.70. The molecule has 0 bridgehead atoms. The van der Waals surface area contributed by atoms with Gasteiger partial charge in [-0.1, -0.05) is 0 Å². The quantitative estimate of drug-likeness (QED) is 0.818. The van der Waals surface area contributed by atoms with Crippen LogP contribution in [0.1, 0.15) is 17.7 Å². The molecule has 0 spiro atoms. The summed E-state index contributed by atoms with van der Waals surface area (Å²) in [6.07, 6.45) is -2.25. The number of alkyl halides is 2. The van der Waals surface area contributed by atoms with Crippen molar-refractivity contribution in [3.8, 4) is 0 Å². The number of H-pyrrole nitrogens is 1. The van der Waals surface area contributed by atoms with Crippen LogP contribution in [0.25, 0.3) is 0 Å². The van der Waals surface area contributed by atoms with Crippen LogP contribution in [0.2, 0.25) is 0 Å². The maximum absolute atomic E-state index is 12.4. The highest BCUT2D eigenvalue weighted by atomic mass is 35.7. The summed E-state index contributed by atoms with van der Waals surface area (Å²) in [6, 6.07) is 0. The fraction of sp³-hybridized carbons (Fsp3) is 0.286. The van der Waals surface area contributed by atoms with Gasteiger partial charge in [-0.2, -0.15) is 0 Å². The Hall–Kier alpha value is -0.950. The highest BCUT2D eigenvalue weighted by Gasteiger charge is 2.23. The molecule has 1 rings (SSSR count). The van der Waals surface area contributed by atoms with Crippen LogP contribution < -0.4 is 5.43 Å². The SMILES string of the molecule is Cc1[nH]cc(S(=O)(=O)Cl)c(=O)c1C(F)F. The Balaban J connectivity index is 3.65. The molecule has 0 aromatic carbocycles. The van der Waals surface area contributed by atoms with E-state index >= 15 is 0 Å². The molecule has 0 saturated carbocycles. The van der Waals surface area contributed by atoms with Crippen LogP contribution in [0.3, 0.4) is 0 Å². The van der Waals surface area contributed by atoms with Gasteiger partial charge in [-0.15, -0.1) is 0 Å². The van der Waals surface area contributed by atoms with Gasteiger partial charge in [0.15, 0.2) is 0 Å². The number of nitrogens with one attached hydrogen (secondary N) is 1. The Kier molecular flexibility index (Phi) is 3.15. The topological polar surface area (TPSA) is 67.0 Å². The molecule has 0 amide bonds. The number of aromatic nitrogens is 1. The van der Waals surface area contributed by atoms with Crippen molar-refractivity contribution < 1.29 is 17.2 Å². The monoisotopic (exact) mass is 257 g/mol. The minimum Gasteiger partial charge on any atom is -0.363 e. The minimum absolute atomic E-state index is 0.0842. The van der Waals surface area contributed by atoms with Crippen molar-refractivity contribution >= 4 is 19.7 Å². The Morgan fingerprint density at radius 1 is 1.47 bits per heavy atom. The van der Waals surface area contributed by atoms with Gasteiger partial charge in [0, 0.05) is 22.6 Å². The molecule has 84 valence electrons.